The topological polar surface area (TPSA) is 21.3 Å². The van der Waals surface area contributed by atoms with Gasteiger partial charge >= 0.3 is 0 Å². The van der Waals surface area contributed by atoms with Crippen LogP contribution in [0.2, 0.25) is 5.02 Å². The van der Waals surface area contributed by atoms with E-state index in [9.17, 15) is 0 Å². The van der Waals surface area contributed by atoms with E-state index in [0.717, 1.165) is 24.7 Å². The summed E-state index contributed by atoms with van der Waals surface area (Å²) in [6, 6.07) is 7.84. The molecule has 72 valence electrons. The Bertz CT molecular complexity index is 252. The molecule has 0 bridgehead atoms. The highest BCUT2D eigenvalue weighted by Gasteiger charge is 1.92. The fourth-order valence-corrected chi connectivity index (χ4v) is 1.27. The lowest BCUT2D eigenvalue weighted by Crippen LogP contribution is -2.18. The standard InChI is InChI=1S/C10H14ClNO/c1-13-6-5-12-8-9-3-2-4-10(11)7-9/h2-4,7,12H,5-6,8H2,1H3. The van der Waals surface area contributed by atoms with Crippen molar-refractivity contribution in [1.82, 2.24) is 5.32 Å². The van der Waals surface area contributed by atoms with E-state index in [2.05, 4.69) is 5.32 Å². The molecule has 1 aromatic rings. The second kappa shape index (κ2) is 5.97. The van der Waals surface area contributed by atoms with Gasteiger partial charge in [-0.3, -0.25) is 0 Å². The molecule has 2 nitrogen and oxygen atoms in total. The molecule has 0 amide bonds. The summed E-state index contributed by atoms with van der Waals surface area (Å²) < 4.78 is 4.91. The van der Waals surface area contributed by atoms with Crippen molar-refractivity contribution >= 4 is 11.6 Å². The van der Waals surface area contributed by atoms with E-state index in [1.54, 1.807) is 7.11 Å². The Balaban J connectivity index is 2.28. The minimum absolute atomic E-state index is 0.737. The van der Waals surface area contributed by atoms with Crippen LogP contribution >= 0.6 is 11.6 Å². The third kappa shape index (κ3) is 4.27. The lowest BCUT2D eigenvalue weighted by atomic mass is 10.2. The fourth-order valence-electron chi connectivity index (χ4n) is 1.05. The molecule has 13 heavy (non-hydrogen) atoms. The molecule has 3 heteroatoms. The average Bonchev–Trinajstić information content (AvgIpc) is 2.13. The molecule has 0 saturated heterocycles. The quantitative estimate of drug-likeness (QED) is 0.734. The largest absolute Gasteiger partial charge is 0.383 e. The molecule has 0 saturated carbocycles. The van der Waals surface area contributed by atoms with Crippen molar-refractivity contribution in [3.8, 4) is 0 Å². The molecule has 0 radical (unpaired) electrons. The van der Waals surface area contributed by atoms with Gasteiger partial charge in [-0.15, -0.1) is 0 Å². The Labute approximate surface area is 83.9 Å². The van der Waals surface area contributed by atoms with Gasteiger partial charge in [0.2, 0.25) is 0 Å². The van der Waals surface area contributed by atoms with Gasteiger partial charge in [-0.05, 0) is 17.7 Å². The van der Waals surface area contributed by atoms with Gasteiger partial charge in [0.15, 0.2) is 0 Å². The number of rotatable bonds is 5. The van der Waals surface area contributed by atoms with Crippen molar-refractivity contribution in [3.05, 3.63) is 34.9 Å². The molecule has 0 heterocycles. The molecule has 0 spiro atoms. The van der Waals surface area contributed by atoms with Crippen LogP contribution in [-0.2, 0) is 11.3 Å². The zero-order valence-electron chi connectivity index (χ0n) is 7.72. The Morgan fingerprint density at radius 2 is 2.31 bits per heavy atom. The highest BCUT2D eigenvalue weighted by Crippen LogP contribution is 2.09. The Morgan fingerprint density at radius 3 is 3.00 bits per heavy atom. The van der Waals surface area contributed by atoms with E-state index in [1.165, 1.54) is 5.56 Å². The number of hydrogen-bond donors (Lipinski definition) is 1. The first-order chi connectivity index (χ1) is 6.33. The van der Waals surface area contributed by atoms with Gasteiger partial charge in [-0.2, -0.15) is 0 Å². The molecular formula is C10H14ClNO. The molecule has 0 aromatic heterocycles. The molecule has 0 atom stereocenters. The highest BCUT2D eigenvalue weighted by atomic mass is 35.5. The molecule has 1 N–H and O–H groups in total. The van der Waals surface area contributed by atoms with Crippen LogP contribution in [0.1, 0.15) is 5.56 Å². The summed E-state index contributed by atoms with van der Waals surface area (Å²) in [4.78, 5) is 0. The van der Waals surface area contributed by atoms with Gasteiger partial charge in [-0.25, -0.2) is 0 Å². The first kappa shape index (κ1) is 10.5. The van der Waals surface area contributed by atoms with Crippen molar-refractivity contribution in [1.29, 1.82) is 0 Å². The van der Waals surface area contributed by atoms with Crippen LogP contribution in [0.3, 0.4) is 0 Å². The predicted molar refractivity (Wildman–Crippen MR) is 55.0 cm³/mol. The lowest BCUT2D eigenvalue weighted by Gasteiger charge is -2.03. The maximum Gasteiger partial charge on any atom is 0.0587 e. The summed E-state index contributed by atoms with van der Waals surface area (Å²) in [6.45, 7) is 2.44. The number of halogens is 1. The van der Waals surface area contributed by atoms with Crippen LogP contribution in [0.4, 0.5) is 0 Å². The zero-order chi connectivity index (χ0) is 9.52. The van der Waals surface area contributed by atoms with Crippen molar-refractivity contribution in [3.63, 3.8) is 0 Å². The molecule has 0 unspecified atom stereocenters. The van der Waals surface area contributed by atoms with Gasteiger partial charge in [0.25, 0.3) is 0 Å². The maximum absolute atomic E-state index is 5.83. The summed E-state index contributed by atoms with van der Waals surface area (Å²) in [7, 11) is 1.70. The second-order valence-electron chi connectivity index (χ2n) is 2.80. The first-order valence-electron chi connectivity index (χ1n) is 4.27. The molecule has 0 fully saturated rings. The van der Waals surface area contributed by atoms with Crippen molar-refractivity contribution in [2.24, 2.45) is 0 Å². The van der Waals surface area contributed by atoms with E-state index in [-0.39, 0.29) is 0 Å². The van der Waals surface area contributed by atoms with Gasteiger partial charge in [-0.1, -0.05) is 23.7 Å². The number of nitrogens with one attached hydrogen (secondary N) is 1. The monoisotopic (exact) mass is 199 g/mol. The van der Waals surface area contributed by atoms with Gasteiger partial charge in [0.05, 0.1) is 6.61 Å². The molecule has 0 aliphatic rings. The number of methoxy groups -OCH3 is 1. The molecule has 1 aromatic carbocycles. The van der Waals surface area contributed by atoms with E-state index in [4.69, 9.17) is 16.3 Å². The summed E-state index contributed by atoms with van der Waals surface area (Å²) in [5.74, 6) is 0. The number of hydrogen-bond acceptors (Lipinski definition) is 2. The van der Waals surface area contributed by atoms with Crippen LogP contribution in [0.25, 0.3) is 0 Å². The molecular weight excluding hydrogens is 186 g/mol. The van der Waals surface area contributed by atoms with Crippen LogP contribution in [0.15, 0.2) is 24.3 Å². The van der Waals surface area contributed by atoms with E-state index in [0.29, 0.717) is 0 Å². The third-order valence-electron chi connectivity index (χ3n) is 1.70. The molecule has 0 aliphatic carbocycles. The fraction of sp³-hybridized carbons (Fsp3) is 0.400. The summed E-state index contributed by atoms with van der Waals surface area (Å²) in [5.41, 5.74) is 1.20. The van der Waals surface area contributed by atoms with Gasteiger partial charge < -0.3 is 10.1 Å². The Hall–Kier alpha value is -0.570. The summed E-state index contributed by atoms with van der Waals surface area (Å²) >= 11 is 5.83. The second-order valence-corrected chi connectivity index (χ2v) is 3.24. The minimum Gasteiger partial charge on any atom is -0.383 e. The zero-order valence-corrected chi connectivity index (χ0v) is 8.47. The SMILES string of the molecule is COCCNCc1cccc(Cl)c1. The van der Waals surface area contributed by atoms with Crippen LogP contribution in [0, 0.1) is 0 Å². The van der Waals surface area contributed by atoms with Gasteiger partial charge in [0, 0.05) is 25.2 Å². The first-order valence-corrected chi connectivity index (χ1v) is 4.65. The summed E-state index contributed by atoms with van der Waals surface area (Å²) in [5, 5.41) is 4.03. The summed E-state index contributed by atoms with van der Waals surface area (Å²) in [6.07, 6.45) is 0. The van der Waals surface area contributed by atoms with E-state index < -0.39 is 0 Å². The smallest absolute Gasteiger partial charge is 0.0587 e. The van der Waals surface area contributed by atoms with Crippen LogP contribution in [0.5, 0.6) is 0 Å². The maximum atomic E-state index is 5.83. The van der Waals surface area contributed by atoms with Crippen molar-refractivity contribution < 1.29 is 4.74 Å². The number of ether oxygens (including phenoxy) is 1. The van der Waals surface area contributed by atoms with Gasteiger partial charge in [0.1, 0.15) is 0 Å². The highest BCUT2D eigenvalue weighted by molar-refractivity contribution is 6.30. The lowest BCUT2D eigenvalue weighted by molar-refractivity contribution is 0.199. The number of benzene rings is 1. The van der Waals surface area contributed by atoms with Crippen molar-refractivity contribution in [2.45, 2.75) is 6.54 Å². The van der Waals surface area contributed by atoms with Crippen molar-refractivity contribution in [2.75, 3.05) is 20.3 Å². The molecule has 0 aliphatic heterocycles. The van der Waals surface area contributed by atoms with E-state index >= 15 is 0 Å². The predicted octanol–water partition coefficient (Wildman–Crippen LogP) is 2.08. The van der Waals surface area contributed by atoms with Crippen LogP contribution in [-0.4, -0.2) is 20.3 Å². The Kier molecular flexibility index (Phi) is 4.83. The third-order valence-corrected chi connectivity index (χ3v) is 1.94. The van der Waals surface area contributed by atoms with Crippen LogP contribution < -0.4 is 5.32 Å². The molecule has 1 rings (SSSR count). The normalized spacial score (nSPS) is 10.3. The average molecular weight is 200 g/mol. The Morgan fingerprint density at radius 1 is 1.46 bits per heavy atom. The van der Waals surface area contributed by atoms with E-state index in [1.807, 2.05) is 24.3 Å². The minimum atomic E-state index is 0.737.